The molecular formula is C11H12F2. The van der Waals surface area contributed by atoms with E-state index in [-0.39, 0.29) is 5.56 Å². The van der Waals surface area contributed by atoms with Crippen LogP contribution in [0.2, 0.25) is 0 Å². The minimum Gasteiger partial charge on any atom is -0.206 e. The monoisotopic (exact) mass is 182 g/mol. The minimum absolute atomic E-state index is 0.0318. The van der Waals surface area contributed by atoms with E-state index in [0.717, 1.165) is 6.42 Å². The first-order valence-corrected chi connectivity index (χ1v) is 4.29. The smallest absolute Gasteiger partial charge is 0.133 e. The number of hydrogen-bond donors (Lipinski definition) is 0. The molecule has 0 bridgehead atoms. The lowest BCUT2D eigenvalue weighted by molar-refractivity contribution is 0.575. The standard InChI is InChI=1S/C11H12F2/c1-3-5-8(2)11-9(12)6-4-7-10(11)13/h4,6-7H,2-3,5H2,1H3. The Morgan fingerprint density at radius 2 is 1.85 bits per heavy atom. The maximum Gasteiger partial charge on any atom is 0.133 e. The summed E-state index contributed by atoms with van der Waals surface area (Å²) in [7, 11) is 0. The van der Waals surface area contributed by atoms with Crippen molar-refractivity contribution in [3.63, 3.8) is 0 Å². The highest BCUT2D eigenvalue weighted by molar-refractivity contribution is 5.64. The van der Waals surface area contributed by atoms with Crippen molar-refractivity contribution in [1.29, 1.82) is 0 Å². The maximum atomic E-state index is 13.1. The summed E-state index contributed by atoms with van der Waals surface area (Å²) in [6.07, 6.45) is 1.46. The second-order valence-corrected chi connectivity index (χ2v) is 2.95. The van der Waals surface area contributed by atoms with Gasteiger partial charge < -0.3 is 0 Å². The van der Waals surface area contributed by atoms with Crippen LogP contribution in [0.15, 0.2) is 24.8 Å². The van der Waals surface area contributed by atoms with Crippen molar-refractivity contribution in [2.75, 3.05) is 0 Å². The summed E-state index contributed by atoms with van der Waals surface area (Å²) in [5.74, 6) is -1.06. The number of hydrogen-bond acceptors (Lipinski definition) is 0. The van der Waals surface area contributed by atoms with Gasteiger partial charge in [-0.15, -0.1) is 0 Å². The highest BCUT2D eigenvalue weighted by Gasteiger charge is 2.10. The molecule has 0 radical (unpaired) electrons. The van der Waals surface area contributed by atoms with Crippen molar-refractivity contribution in [1.82, 2.24) is 0 Å². The molecule has 0 spiro atoms. The molecule has 0 atom stereocenters. The van der Waals surface area contributed by atoms with Gasteiger partial charge in [0.2, 0.25) is 0 Å². The molecule has 0 aromatic heterocycles. The van der Waals surface area contributed by atoms with Gasteiger partial charge in [0.05, 0.1) is 0 Å². The Bertz CT molecular complexity index is 296. The third kappa shape index (κ3) is 2.14. The summed E-state index contributed by atoms with van der Waals surface area (Å²) in [5, 5.41) is 0. The largest absolute Gasteiger partial charge is 0.206 e. The number of rotatable bonds is 3. The molecule has 0 fully saturated rings. The molecular weight excluding hydrogens is 170 g/mol. The van der Waals surface area contributed by atoms with Crippen LogP contribution in [-0.4, -0.2) is 0 Å². The highest BCUT2D eigenvalue weighted by Crippen LogP contribution is 2.23. The lowest BCUT2D eigenvalue weighted by Crippen LogP contribution is -1.93. The first-order valence-electron chi connectivity index (χ1n) is 4.29. The molecule has 0 aliphatic heterocycles. The second kappa shape index (κ2) is 4.17. The van der Waals surface area contributed by atoms with E-state index < -0.39 is 11.6 Å². The van der Waals surface area contributed by atoms with E-state index in [1.165, 1.54) is 18.2 Å². The van der Waals surface area contributed by atoms with E-state index in [9.17, 15) is 8.78 Å². The van der Waals surface area contributed by atoms with Gasteiger partial charge in [-0.05, 0) is 24.1 Å². The van der Waals surface area contributed by atoms with Crippen molar-refractivity contribution in [2.24, 2.45) is 0 Å². The number of allylic oxidation sites excluding steroid dienone is 1. The van der Waals surface area contributed by atoms with Crippen LogP contribution in [0.5, 0.6) is 0 Å². The summed E-state index contributed by atoms with van der Waals surface area (Å²) in [6, 6.07) is 3.85. The van der Waals surface area contributed by atoms with Crippen LogP contribution in [0, 0.1) is 11.6 Å². The molecule has 1 aromatic carbocycles. The van der Waals surface area contributed by atoms with Gasteiger partial charge >= 0.3 is 0 Å². The molecule has 0 saturated heterocycles. The normalized spacial score (nSPS) is 10.1. The van der Waals surface area contributed by atoms with Gasteiger partial charge in [0.1, 0.15) is 11.6 Å². The van der Waals surface area contributed by atoms with Crippen LogP contribution in [-0.2, 0) is 0 Å². The number of benzene rings is 1. The predicted molar refractivity (Wildman–Crippen MR) is 50.3 cm³/mol. The first kappa shape index (κ1) is 9.90. The van der Waals surface area contributed by atoms with E-state index in [1.54, 1.807) is 0 Å². The van der Waals surface area contributed by atoms with E-state index in [4.69, 9.17) is 0 Å². The Morgan fingerprint density at radius 3 is 2.31 bits per heavy atom. The van der Waals surface area contributed by atoms with Gasteiger partial charge in [0.25, 0.3) is 0 Å². The van der Waals surface area contributed by atoms with Crippen LogP contribution < -0.4 is 0 Å². The molecule has 0 nitrogen and oxygen atoms in total. The molecule has 1 rings (SSSR count). The fraction of sp³-hybridized carbons (Fsp3) is 0.273. The molecule has 2 heteroatoms. The zero-order valence-corrected chi connectivity index (χ0v) is 7.61. The molecule has 1 aromatic rings. The van der Waals surface area contributed by atoms with Crippen molar-refractivity contribution >= 4 is 5.57 Å². The van der Waals surface area contributed by atoms with E-state index in [0.29, 0.717) is 12.0 Å². The lowest BCUT2D eigenvalue weighted by atomic mass is 10.0. The lowest BCUT2D eigenvalue weighted by Gasteiger charge is -2.06. The van der Waals surface area contributed by atoms with Crippen molar-refractivity contribution in [2.45, 2.75) is 19.8 Å². The summed E-state index contributed by atoms with van der Waals surface area (Å²) >= 11 is 0. The van der Waals surface area contributed by atoms with Gasteiger partial charge in [-0.1, -0.05) is 26.0 Å². The van der Waals surface area contributed by atoms with E-state index in [2.05, 4.69) is 6.58 Å². The summed E-state index contributed by atoms with van der Waals surface area (Å²) in [4.78, 5) is 0. The second-order valence-electron chi connectivity index (χ2n) is 2.95. The van der Waals surface area contributed by atoms with Gasteiger partial charge in [-0.25, -0.2) is 8.78 Å². The molecule has 0 aliphatic rings. The molecule has 0 unspecified atom stereocenters. The van der Waals surface area contributed by atoms with Gasteiger partial charge in [0, 0.05) is 5.56 Å². The zero-order chi connectivity index (χ0) is 9.84. The van der Waals surface area contributed by atoms with E-state index in [1.807, 2.05) is 6.92 Å². The van der Waals surface area contributed by atoms with Crippen molar-refractivity contribution < 1.29 is 8.78 Å². The summed E-state index contributed by atoms with van der Waals surface area (Å²) < 4.78 is 26.2. The molecule has 0 aliphatic carbocycles. The fourth-order valence-electron chi connectivity index (χ4n) is 1.26. The number of halogens is 2. The molecule has 0 N–H and O–H groups in total. The predicted octanol–water partition coefficient (Wildman–Crippen LogP) is 3.78. The van der Waals surface area contributed by atoms with Gasteiger partial charge in [-0.2, -0.15) is 0 Å². The molecule has 0 saturated carbocycles. The third-order valence-corrected chi connectivity index (χ3v) is 1.87. The van der Waals surface area contributed by atoms with Crippen LogP contribution in [0.25, 0.3) is 5.57 Å². The Balaban J connectivity index is 3.05. The Hall–Kier alpha value is -1.18. The highest BCUT2D eigenvalue weighted by atomic mass is 19.1. The van der Waals surface area contributed by atoms with Crippen LogP contribution >= 0.6 is 0 Å². The van der Waals surface area contributed by atoms with Gasteiger partial charge in [-0.3, -0.25) is 0 Å². The van der Waals surface area contributed by atoms with Crippen LogP contribution in [0.3, 0.4) is 0 Å². The van der Waals surface area contributed by atoms with Crippen LogP contribution in [0.4, 0.5) is 8.78 Å². The summed E-state index contributed by atoms with van der Waals surface area (Å²) in [5.41, 5.74) is 0.558. The quantitative estimate of drug-likeness (QED) is 0.667. The molecule has 13 heavy (non-hydrogen) atoms. The SMILES string of the molecule is C=C(CCC)c1c(F)cccc1F. The summed E-state index contributed by atoms with van der Waals surface area (Å²) in [6.45, 7) is 5.60. The van der Waals surface area contributed by atoms with Crippen molar-refractivity contribution in [3.8, 4) is 0 Å². The molecule has 0 amide bonds. The fourth-order valence-corrected chi connectivity index (χ4v) is 1.26. The first-order chi connectivity index (χ1) is 6.16. The maximum absolute atomic E-state index is 13.1. The molecule has 0 heterocycles. The minimum atomic E-state index is -0.529. The Morgan fingerprint density at radius 1 is 1.31 bits per heavy atom. The Labute approximate surface area is 76.9 Å². The van der Waals surface area contributed by atoms with Crippen LogP contribution in [0.1, 0.15) is 25.3 Å². The van der Waals surface area contributed by atoms with E-state index >= 15 is 0 Å². The topological polar surface area (TPSA) is 0 Å². The third-order valence-electron chi connectivity index (χ3n) is 1.87. The van der Waals surface area contributed by atoms with Gasteiger partial charge in [0.15, 0.2) is 0 Å². The Kier molecular flexibility index (Phi) is 3.18. The zero-order valence-electron chi connectivity index (χ0n) is 7.61. The average molecular weight is 182 g/mol. The average Bonchev–Trinajstić information content (AvgIpc) is 2.04. The van der Waals surface area contributed by atoms with Crippen molar-refractivity contribution in [3.05, 3.63) is 42.0 Å². The molecule has 70 valence electrons.